The first-order valence-electron chi connectivity index (χ1n) is 9.15. The van der Waals surface area contributed by atoms with Gasteiger partial charge in [0, 0.05) is 0 Å². The maximum absolute atomic E-state index is 13.1. The largest absolute Gasteiger partial charge is 0.495 e. The lowest BCUT2D eigenvalue weighted by atomic mass is 9.95. The molecule has 162 valence electrons. The van der Waals surface area contributed by atoms with Gasteiger partial charge in [-0.15, -0.1) is 0 Å². The molecule has 3 rings (SSSR count). The predicted molar refractivity (Wildman–Crippen MR) is 115 cm³/mol. The van der Waals surface area contributed by atoms with Crippen molar-refractivity contribution in [3.63, 3.8) is 0 Å². The molecule has 0 bridgehead atoms. The molecule has 2 aromatic carbocycles. The van der Waals surface area contributed by atoms with Crippen LogP contribution in [0.5, 0.6) is 5.75 Å². The number of nitrogens with one attached hydrogen (secondary N) is 1. The summed E-state index contributed by atoms with van der Waals surface area (Å²) in [4.78, 5) is 12.4. The van der Waals surface area contributed by atoms with E-state index in [0.717, 1.165) is 17.2 Å². The average Bonchev–Trinajstić information content (AvgIpc) is 2.81. The van der Waals surface area contributed by atoms with Gasteiger partial charge in [-0.25, -0.2) is 21.1 Å². The Labute approximate surface area is 177 Å². The molecule has 0 aromatic heterocycles. The second-order valence-corrected chi connectivity index (χ2v) is 11.4. The van der Waals surface area contributed by atoms with E-state index in [2.05, 4.69) is 4.72 Å². The van der Waals surface area contributed by atoms with Crippen molar-refractivity contribution in [3.8, 4) is 5.75 Å². The number of methoxy groups -OCH3 is 1. The minimum Gasteiger partial charge on any atom is -0.495 e. The van der Waals surface area contributed by atoms with Crippen molar-refractivity contribution in [3.05, 3.63) is 47.5 Å². The van der Waals surface area contributed by atoms with E-state index in [9.17, 15) is 21.6 Å². The van der Waals surface area contributed by atoms with E-state index in [0.29, 0.717) is 9.99 Å². The molecule has 1 heterocycles. The van der Waals surface area contributed by atoms with Gasteiger partial charge in [0.15, 0.2) is 0 Å². The zero-order valence-electron chi connectivity index (χ0n) is 17.4. The summed E-state index contributed by atoms with van der Waals surface area (Å²) < 4.78 is 59.8. The fourth-order valence-corrected chi connectivity index (χ4v) is 6.74. The summed E-state index contributed by atoms with van der Waals surface area (Å²) in [5, 5.41) is 0. The smallest absolute Gasteiger partial charge is 0.265 e. The van der Waals surface area contributed by atoms with Gasteiger partial charge >= 0.3 is 0 Å². The molecular formula is C20H24N2O6S2. The van der Waals surface area contributed by atoms with Gasteiger partial charge in [0.2, 0.25) is 15.9 Å². The van der Waals surface area contributed by atoms with E-state index in [1.54, 1.807) is 19.1 Å². The minimum atomic E-state index is -4.14. The van der Waals surface area contributed by atoms with Gasteiger partial charge in [-0.2, -0.15) is 0 Å². The highest BCUT2D eigenvalue weighted by molar-refractivity contribution is 7.94. The zero-order valence-corrected chi connectivity index (χ0v) is 19.0. The Bertz CT molecular complexity index is 1230. The van der Waals surface area contributed by atoms with Crippen molar-refractivity contribution >= 4 is 37.3 Å². The molecule has 0 spiro atoms. The van der Waals surface area contributed by atoms with Crippen LogP contribution in [0.1, 0.15) is 25.0 Å². The number of hydrogen-bond acceptors (Lipinski definition) is 6. The zero-order chi connectivity index (χ0) is 22.5. The number of rotatable bonds is 5. The molecular weight excluding hydrogens is 428 g/mol. The molecule has 1 N–H and O–H groups in total. The summed E-state index contributed by atoms with van der Waals surface area (Å²) in [6, 6.07) is 9.05. The van der Waals surface area contributed by atoms with Crippen molar-refractivity contribution in [1.29, 1.82) is 0 Å². The Morgan fingerprint density at radius 3 is 2.37 bits per heavy atom. The van der Waals surface area contributed by atoms with Crippen molar-refractivity contribution in [1.82, 2.24) is 0 Å². The molecule has 2 aromatic rings. The summed E-state index contributed by atoms with van der Waals surface area (Å²) in [6.07, 6.45) is 0. The normalized spacial score (nSPS) is 17.8. The predicted octanol–water partition coefficient (Wildman–Crippen LogP) is 2.82. The van der Waals surface area contributed by atoms with Gasteiger partial charge in [0.25, 0.3) is 10.0 Å². The van der Waals surface area contributed by atoms with E-state index in [-0.39, 0.29) is 22.1 Å². The summed E-state index contributed by atoms with van der Waals surface area (Å²) in [5.74, 6) is -0.938. The van der Waals surface area contributed by atoms with E-state index in [1.165, 1.54) is 33.1 Å². The highest BCUT2D eigenvalue weighted by Gasteiger charge is 2.50. The van der Waals surface area contributed by atoms with Crippen LogP contribution in [0.2, 0.25) is 0 Å². The highest BCUT2D eigenvalue weighted by atomic mass is 32.2. The first-order valence-corrected chi connectivity index (χ1v) is 12.2. The Hall–Kier alpha value is -2.59. The lowest BCUT2D eigenvalue weighted by Gasteiger charge is -2.20. The minimum absolute atomic E-state index is 0.0276. The van der Waals surface area contributed by atoms with Crippen molar-refractivity contribution in [2.45, 2.75) is 32.6 Å². The number of carbonyl (C=O) groups excluding carboxylic acids is 1. The van der Waals surface area contributed by atoms with Crippen LogP contribution in [0.3, 0.4) is 0 Å². The standard InChI is InChI=1S/C20H24N2O6S2/c1-13-7-6-8-16(14(13)2)21-30(26,27)18-11-15(9-10-17(18)28-5)22-19(23)20(3,4)12-29(22,24)25/h6-11,21H,12H2,1-5H3. The van der Waals surface area contributed by atoms with Crippen molar-refractivity contribution in [2.75, 3.05) is 21.9 Å². The summed E-state index contributed by atoms with van der Waals surface area (Å²) >= 11 is 0. The SMILES string of the molecule is COc1ccc(N2C(=O)C(C)(C)CS2(=O)=O)cc1S(=O)(=O)Nc1cccc(C)c1C. The number of hydrogen-bond donors (Lipinski definition) is 1. The number of carbonyl (C=O) groups is 1. The van der Waals surface area contributed by atoms with Gasteiger partial charge in [-0.05, 0) is 63.1 Å². The van der Waals surface area contributed by atoms with Crippen LogP contribution >= 0.6 is 0 Å². The summed E-state index contributed by atoms with van der Waals surface area (Å²) in [7, 11) is -6.75. The third kappa shape index (κ3) is 3.77. The molecule has 0 atom stereocenters. The molecule has 1 saturated heterocycles. The van der Waals surface area contributed by atoms with Crippen LogP contribution in [0, 0.1) is 19.3 Å². The monoisotopic (exact) mass is 452 g/mol. The Morgan fingerprint density at radius 1 is 1.13 bits per heavy atom. The van der Waals surface area contributed by atoms with Gasteiger partial charge in [-0.1, -0.05) is 12.1 Å². The number of aryl methyl sites for hydroxylation is 1. The van der Waals surface area contributed by atoms with E-state index in [4.69, 9.17) is 4.74 Å². The second kappa shape index (κ2) is 7.28. The molecule has 1 aliphatic rings. The molecule has 10 heteroatoms. The van der Waals surface area contributed by atoms with Crippen LogP contribution in [0.4, 0.5) is 11.4 Å². The van der Waals surface area contributed by atoms with Crippen molar-refractivity contribution in [2.24, 2.45) is 5.41 Å². The third-order valence-corrected chi connectivity index (χ3v) is 8.51. The molecule has 0 saturated carbocycles. The number of sulfonamides is 2. The van der Waals surface area contributed by atoms with Crippen molar-refractivity contribution < 1.29 is 26.4 Å². The number of anilines is 2. The molecule has 1 aliphatic heterocycles. The highest BCUT2D eigenvalue weighted by Crippen LogP contribution is 2.38. The fourth-order valence-electron chi connectivity index (χ4n) is 3.32. The molecule has 0 radical (unpaired) electrons. The molecule has 1 amide bonds. The van der Waals surface area contributed by atoms with Crippen LogP contribution in [0.15, 0.2) is 41.3 Å². The Kier molecular flexibility index (Phi) is 5.36. The topological polar surface area (TPSA) is 110 Å². The van der Waals surface area contributed by atoms with Crippen LogP contribution < -0.4 is 13.8 Å². The van der Waals surface area contributed by atoms with Crippen LogP contribution in [-0.4, -0.2) is 35.6 Å². The fraction of sp³-hybridized carbons (Fsp3) is 0.350. The lowest BCUT2D eigenvalue weighted by molar-refractivity contribution is -0.123. The first-order chi connectivity index (χ1) is 13.8. The Morgan fingerprint density at radius 2 is 1.80 bits per heavy atom. The van der Waals surface area contributed by atoms with Gasteiger partial charge in [-0.3, -0.25) is 9.52 Å². The quantitative estimate of drug-likeness (QED) is 0.747. The molecule has 1 fully saturated rings. The van der Waals surface area contributed by atoms with Gasteiger partial charge < -0.3 is 4.74 Å². The lowest BCUT2D eigenvalue weighted by Crippen LogP contribution is -2.33. The Balaban J connectivity index is 2.12. The summed E-state index contributed by atoms with van der Waals surface area (Å²) in [6.45, 7) is 6.73. The number of ether oxygens (including phenoxy) is 1. The van der Waals surface area contributed by atoms with Gasteiger partial charge in [0.1, 0.15) is 10.6 Å². The molecule has 30 heavy (non-hydrogen) atoms. The number of amides is 1. The number of nitrogens with zero attached hydrogens (tertiary/aromatic N) is 1. The van der Waals surface area contributed by atoms with Crippen LogP contribution in [0.25, 0.3) is 0 Å². The van der Waals surface area contributed by atoms with Gasteiger partial charge in [0.05, 0.1) is 29.7 Å². The van der Waals surface area contributed by atoms with E-state index < -0.39 is 31.4 Å². The first kappa shape index (κ1) is 22.1. The summed E-state index contributed by atoms with van der Waals surface area (Å²) in [5.41, 5.74) is 0.915. The molecule has 0 aliphatic carbocycles. The van der Waals surface area contributed by atoms with E-state index >= 15 is 0 Å². The molecule has 0 unspecified atom stereocenters. The third-order valence-electron chi connectivity index (χ3n) is 5.11. The molecule has 8 nitrogen and oxygen atoms in total. The average molecular weight is 453 g/mol. The number of benzene rings is 2. The van der Waals surface area contributed by atoms with E-state index in [1.807, 2.05) is 13.0 Å². The maximum Gasteiger partial charge on any atom is 0.265 e. The second-order valence-electron chi connectivity index (χ2n) is 7.90. The maximum atomic E-state index is 13.1. The van der Waals surface area contributed by atoms with Crippen LogP contribution in [-0.2, 0) is 24.8 Å².